The van der Waals surface area contributed by atoms with Crippen molar-refractivity contribution < 1.29 is 4.74 Å². The van der Waals surface area contributed by atoms with Gasteiger partial charge in [0.15, 0.2) is 11.6 Å². The summed E-state index contributed by atoms with van der Waals surface area (Å²) in [4.78, 5) is 11.2. The minimum absolute atomic E-state index is 0.463. The van der Waals surface area contributed by atoms with Crippen LogP contribution in [0.5, 0.6) is 0 Å². The number of likely N-dealkylation sites (N-methyl/N-ethyl adjacent to an activating group) is 1. The number of nitrogens with zero attached hydrogens (tertiary/aromatic N) is 5. The third-order valence-corrected chi connectivity index (χ3v) is 3.41. The van der Waals surface area contributed by atoms with E-state index in [-0.39, 0.29) is 0 Å². The first-order valence-electron chi connectivity index (χ1n) is 6.28. The normalized spacial score (nSPS) is 13.9. The highest BCUT2D eigenvalue weighted by molar-refractivity contribution is 5.62. The fourth-order valence-electron chi connectivity index (χ4n) is 2.34. The van der Waals surface area contributed by atoms with Crippen LogP contribution in [-0.4, -0.2) is 40.5 Å². The van der Waals surface area contributed by atoms with E-state index in [0.717, 1.165) is 30.2 Å². The number of rotatable bonds is 3. The lowest BCUT2D eigenvalue weighted by atomic mass is 10.1. The zero-order chi connectivity index (χ0) is 13.4. The third-order valence-electron chi connectivity index (χ3n) is 3.41. The summed E-state index contributed by atoms with van der Waals surface area (Å²) >= 11 is 0. The number of ether oxygens (including phenoxy) is 1. The molecule has 0 unspecified atom stereocenters. The van der Waals surface area contributed by atoms with Gasteiger partial charge in [-0.3, -0.25) is 4.68 Å². The Balaban J connectivity index is 1.96. The number of hydrogen-bond donors (Lipinski definition) is 0. The second-order valence-corrected chi connectivity index (χ2v) is 4.79. The molecular weight excluding hydrogens is 242 g/mol. The van der Waals surface area contributed by atoms with Crippen molar-refractivity contribution in [2.75, 3.05) is 25.6 Å². The second kappa shape index (κ2) is 4.62. The van der Waals surface area contributed by atoms with Crippen molar-refractivity contribution in [3.05, 3.63) is 23.7 Å². The van der Waals surface area contributed by atoms with Crippen molar-refractivity contribution in [1.29, 1.82) is 0 Å². The Morgan fingerprint density at radius 1 is 1.37 bits per heavy atom. The minimum Gasteiger partial charge on any atom is -0.377 e. The number of pyridine rings is 1. The molecule has 19 heavy (non-hydrogen) atoms. The molecule has 0 amide bonds. The van der Waals surface area contributed by atoms with Gasteiger partial charge in [0, 0.05) is 39.5 Å². The molecule has 0 saturated carbocycles. The van der Waals surface area contributed by atoms with Crippen molar-refractivity contribution in [3.8, 4) is 11.4 Å². The van der Waals surface area contributed by atoms with Crippen LogP contribution < -0.4 is 4.90 Å². The largest absolute Gasteiger partial charge is 0.377 e. The van der Waals surface area contributed by atoms with Gasteiger partial charge < -0.3 is 9.64 Å². The maximum Gasteiger partial charge on any atom is 0.183 e. The minimum atomic E-state index is 0.463. The van der Waals surface area contributed by atoms with Crippen molar-refractivity contribution in [2.45, 2.75) is 13.0 Å². The fraction of sp³-hybridized carbons (Fsp3) is 0.462. The van der Waals surface area contributed by atoms with Crippen LogP contribution in [-0.2, 0) is 24.8 Å². The van der Waals surface area contributed by atoms with E-state index in [2.05, 4.69) is 33.1 Å². The standard InChI is InChI=1S/C13H17N5O/c1-17-5-4-9-6-10(7-14-13(9)17)12-15-11(8-19-3)18(2)16-12/h6-7H,4-5,8H2,1-3H3. The first-order valence-corrected chi connectivity index (χ1v) is 6.28. The van der Waals surface area contributed by atoms with Crippen LogP contribution in [0.25, 0.3) is 11.4 Å². The number of methoxy groups -OCH3 is 1. The number of fused-ring (bicyclic) bond motifs is 1. The zero-order valence-electron chi connectivity index (χ0n) is 11.4. The number of hydrogen-bond acceptors (Lipinski definition) is 5. The van der Waals surface area contributed by atoms with Gasteiger partial charge >= 0.3 is 0 Å². The second-order valence-electron chi connectivity index (χ2n) is 4.79. The lowest BCUT2D eigenvalue weighted by Gasteiger charge is -2.09. The highest BCUT2D eigenvalue weighted by Crippen LogP contribution is 2.27. The van der Waals surface area contributed by atoms with Gasteiger partial charge in [-0.25, -0.2) is 9.97 Å². The fourth-order valence-corrected chi connectivity index (χ4v) is 2.34. The summed E-state index contributed by atoms with van der Waals surface area (Å²) in [5.74, 6) is 2.59. The van der Waals surface area contributed by atoms with Gasteiger partial charge in [0.25, 0.3) is 0 Å². The molecule has 1 aliphatic heterocycles. The average Bonchev–Trinajstić information content (AvgIpc) is 2.95. The average molecular weight is 259 g/mol. The molecular formula is C13H17N5O. The molecule has 0 spiro atoms. The molecule has 0 atom stereocenters. The van der Waals surface area contributed by atoms with Gasteiger partial charge in [-0.05, 0) is 18.1 Å². The van der Waals surface area contributed by atoms with E-state index in [4.69, 9.17) is 4.74 Å². The van der Waals surface area contributed by atoms with Crippen LogP contribution in [0.1, 0.15) is 11.4 Å². The molecule has 2 aromatic heterocycles. The van der Waals surface area contributed by atoms with Gasteiger partial charge in [-0.2, -0.15) is 5.10 Å². The van der Waals surface area contributed by atoms with Crippen molar-refractivity contribution >= 4 is 5.82 Å². The Kier molecular flexibility index (Phi) is 2.94. The van der Waals surface area contributed by atoms with Gasteiger partial charge in [0.1, 0.15) is 12.4 Å². The summed E-state index contributed by atoms with van der Waals surface area (Å²) in [6, 6.07) is 2.14. The lowest BCUT2D eigenvalue weighted by molar-refractivity contribution is 0.174. The maximum absolute atomic E-state index is 5.10. The number of aryl methyl sites for hydroxylation is 1. The molecule has 0 radical (unpaired) electrons. The van der Waals surface area contributed by atoms with Gasteiger partial charge in [-0.15, -0.1) is 0 Å². The molecule has 0 N–H and O–H groups in total. The quantitative estimate of drug-likeness (QED) is 0.823. The molecule has 0 aliphatic carbocycles. The maximum atomic E-state index is 5.10. The number of anilines is 1. The Bertz CT molecular complexity index is 607. The first kappa shape index (κ1) is 12.1. The van der Waals surface area contributed by atoms with Gasteiger partial charge in [0.2, 0.25) is 0 Å². The predicted octanol–water partition coefficient (Wildman–Crippen LogP) is 1.02. The summed E-state index contributed by atoms with van der Waals surface area (Å²) in [6.45, 7) is 1.49. The number of aromatic nitrogens is 4. The Morgan fingerprint density at radius 2 is 2.21 bits per heavy atom. The van der Waals surface area contributed by atoms with Crippen LogP contribution >= 0.6 is 0 Å². The zero-order valence-corrected chi connectivity index (χ0v) is 11.4. The summed E-state index contributed by atoms with van der Waals surface area (Å²) in [6.07, 6.45) is 2.87. The van der Waals surface area contributed by atoms with Crippen LogP contribution in [0.15, 0.2) is 12.3 Å². The molecule has 1 aliphatic rings. The Morgan fingerprint density at radius 3 is 3.00 bits per heavy atom. The van der Waals surface area contributed by atoms with E-state index in [0.29, 0.717) is 12.4 Å². The summed E-state index contributed by atoms with van der Waals surface area (Å²) in [5.41, 5.74) is 2.23. The van der Waals surface area contributed by atoms with E-state index in [9.17, 15) is 0 Å². The van der Waals surface area contributed by atoms with Crippen LogP contribution in [0.2, 0.25) is 0 Å². The monoisotopic (exact) mass is 259 g/mol. The first-order chi connectivity index (χ1) is 9.19. The van der Waals surface area contributed by atoms with E-state index in [1.54, 1.807) is 11.8 Å². The van der Waals surface area contributed by atoms with E-state index in [1.807, 2.05) is 13.2 Å². The summed E-state index contributed by atoms with van der Waals surface area (Å²) < 4.78 is 6.85. The Hall–Kier alpha value is -1.95. The smallest absolute Gasteiger partial charge is 0.183 e. The van der Waals surface area contributed by atoms with Crippen molar-refractivity contribution in [3.63, 3.8) is 0 Å². The third kappa shape index (κ3) is 2.08. The van der Waals surface area contributed by atoms with Crippen molar-refractivity contribution in [1.82, 2.24) is 19.7 Å². The van der Waals surface area contributed by atoms with Gasteiger partial charge in [0.05, 0.1) is 0 Å². The van der Waals surface area contributed by atoms with E-state index in [1.165, 1.54) is 5.56 Å². The highest BCUT2D eigenvalue weighted by Gasteiger charge is 2.19. The van der Waals surface area contributed by atoms with E-state index < -0.39 is 0 Å². The van der Waals surface area contributed by atoms with Gasteiger partial charge in [-0.1, -0.05) is 0 Å². The van der Waals surface area contributed by atoms with Crippen LogP contribution in [0.4, 0.5) is 5.82 Å². The molecule has 0 saturated heterocycles. The molecule has 2 aromatic rings. The molecule has 0 aromatic carbocycles. The van der Waals surface area contributed by atoms with Crippen LogP contribution in [0.3, 0.4) is 0 Å². The molecule has 6 heteroatoms. The molecule has 0 bridgehead atoms. The SMILES string of the molecule is COCc1nc(-c2cnc3c(c2)CCN3C)nn1C. The van der Waals surface area contributed by atoms with E-state index >= 15 is 0 Å². The molecule has 3 rings (SSSR count). The summed E-state index contributed by atoms with van der Waals surface area (Å²) in [5, 5.41) is 4.42. The molecule has 6 nitrogen and oxygen atoms in total. The van der Waals surface area contributed by atoms with Crippen LogP contribution in [0, 0.1) is 0 Å². The predicted molar refractivity (Wildman–Crippen MR) is 71.9 cm³/mol. The molecule has 3 heterocycles. The van der Waals surface area contributed by atoms with Crippen molar-refractivity contribution in [2.24, 2.45) is 7.05 Å². The topological polar surface area (TPSA) is 56.1 Å². The molecule has 0 fully saturated rings. The highest BCUT2D eigenvalue weighted by atomic mass is 16.5. The lowest BCUT2D eigenvalue weighted by Crippen LogP contribution is -2.13. The Labute approximate surface area is 112 Å². The molecule has 100 valence electrons. The summed E-state index contributed by atoms with van der Waals surface area (Å²) in [7, 11) is 5.59.